The van der Waals surface area contributed by atoms with E-state index in [1.54, 1.807) is 18.2 Å². The van der Waals surface area contributed by atoms with E-state index in [-0.39, 0.29) is 0 Å². The third-order valence-electron chi connectivity index (χ3n) is 2.00. The van der Waals surface area contributed by atoms with E-state index < -0.39 is 5.97 Å². The Morgan fingerprint density at radius 2 is 2.23 bits per heavy atom. The Morgan fingerprint density at radius 1 is 1.54 bits per heavy atom. The lowest BCUT2D eigenvalue weighted by molar-refractivity contribution is 0.0697. The molecule has 0 fully saturated rings. The second-order valence-corrected chi connectivity index (χ2v) is 2.78. The van der Waals surface area contributed by atoms with Crippen LogP contribution < -0.4 is 5.32 Å². The van der Waals surface area contributed by atoms with Gasteiger partial charge < -0.3 is 10.4 Å². The van der Waals surface area contributed by atoms with E-state index in [9.17, 15) is 4.79 Å². The molecule has 1 rings (SSSR count). The molecule has 0 spiro atoms. The molecule has 0 aliphatic carbocycles. The summed E-state index contributed by atoms with van der Waals surface area (Å²) in [6, 6.07) is 5.10. The van der Waals surface area contributed by atoms with Gasteiger partial charge in [0.05, 0.1) is 5.56 Å². The predicted molar refractivity (Wildman–Crippen MR) is 52.3 cm³/mol. The maximum absolute atomic E-state index is 10.6. The van der Waals surface area contributed by atoms with Crippen molar-refractivity contribution >= 4 is 11.7 Å². The molecule has 2 N–H and O–H groups in total. The summed E-state index contributed by atoms with van der Waals surface area (Å²) in [5, 5.41) is 11.8. The van der Waals surface area contributed by atoms with E-state index in [2.05, 4.69) is 5.32 Å². The van der Waals surface area contributed by atoms with Gasteiger partial charge in [0.2, 0.25) is 0 Å². The van der Waals surface area contributed by atoms with Crippen LogP contribution in [-0.2, 0) is 6.42 Å². The van der Waals surface area contributed by atoms with Crippen molar-refractivity contribution in [1.82, 2.24) is 0 Å². The normalized spacial score (nSPS) is 9.69. The van der Waals surface area contributed by atoms with Crippen LogP contribution in [0.1, 0.15) is 22.8 Å². The molecule has 1 aromatic carbocycles. The first-order valence-corrected chi connectivity index (χ1v) is 4.23. The number of aromatic carboxylic acids is 1. The van der Waals surface area contributed by atoms with Gasteiger partial charge in [-0.2, -0.15) is 0 Å². The van der Waals surface area contributed by atoms with E-state index in [1.165, 1.54) is 0 Å². The SMILES string of the molecule is CCc1cc(C(=O)O)ccc1NC. The molecule has 3 heteroatoms. The maximum Gasteiger partial charge on any atom is 0.335 e. The molecule has 0 bridgehead atoms. The Hall–Kier alpha value is -1.51. The van der Waals surface area contributed by atoms with Gasteiger partial charge in [-0.15, -0.1) is 0 Å². The van der Waals surface area contributed by atoms with Gasteiger partial charge in [0.1, 0.15) is 0 Å². The van der Waals surface area contributed by atoms with Gasteiger partial charge in [0.25, 0.3) is 0 Å². The molecule has 0 saturated heterocycles. The molecule has 13 heavy (non-hydrogen) atoms. The molecular formula is C10H13NO2. The molecular weight excluding hydrogens is 166 g/mol. The molecule has 0 amide bonds. The van der Waals surface area contributed by atoms with E-state index in [0.717, 1.165) is 17.7 Å². The van der Waals surface area contributed by atoms with Crippen molar-refractivity contribution in [1.29, 1.82) is 0 Å². The third-order valence-corrected chi connectivity index (χ3v) is 2.00. The molecule has 0 radical (unpaired) electrons. The van der Waals surface area contributed by atoms with Crippen molar-refractivity contribution in [2.75, 3.05) is 12.4 Å². The average Bonchev–Trinajstić information content (AvgIpc) is 2.16. The van der Waals surface area contributed by atoms with Crippen molar-refractivity contribution in [2.45, 2.75) is 13.3 Å². The van der Waals surface area contributed by atoms with Gasteiger partial charge in [-0.1, -0.05) is 6.92 Å². The Balaban J connectivity index is 3.13. The number of carboxylic acids is 1. The second-order valence-electron chi connectivity index (χ2n) is 2.78. The summed E-state index contributed by atoms with van der Waals surface area (Å²) < 4.78 is 0. The molecule has 0 heterocycles. The first-order chi connectivity index (χ1) is 6.19. The molecule has 1 aromatic rings. The van der Waals surface area contributed by atoms with Crippen molar-refractivity contribution < 1.29 is 9.90 Å². The summed E-state index contributed by atoms with van der Waals surface area (Å²) in [6.45, 7) is 2.00. The number of anilines is 1. The Morgan fingerprint density at radius 3 is 2.69 bits per heavy atom. The van der Waals surface area contributed by atoms with Crippen LogP contribution >= 0.6 is 0 Å². The third kappa shape index (κ3) is 1.99. The van der Waals surface area contributed by atoms with Crippen LogP contribution in [0.2, 0.25) is 0 Å². The number of hydrogen-bond donors (Lipinski definition) is 2. The van der Waals surface area contributed by atoms with Crippen molar-refractivity contribution in [3.05, 3.63) is 29.3 Å². The monoisotopic (exact) mass is 179 g/mol. The smallest absolute Gasteiger partial charge is 0.335 e. The van der Waals surface area contributed by atoms with Crippen LogP contribution in [0.5, 0.6) is 0 Å². The zero-order chi connectivity index (χ0) is 9.84. The molecule has 0 atom stereocenters. The molecule has 0 saturated carbocycles. The van der Waals surface area contributed by atoms with Crippen LogP contribution in [0.25, 0.3) is 0 Å². The quantitative estimate of drug-likeness (QED) is 0.746. The fourth-order valence-corrected chi connectivity index (χ4v) is 1.26. The topological polar surface area (TPSA) is 49.3 Å². The largest absolute Gasteiger partial charge is 0.478 e. The Bertz CT molecular complexity index is 321. The highest BCUT2D eigenvalue weighted by molar-refractivity contribution is 5.88. The van der Waals surface area contributed by atoms with Crippen LogP contribution in [0.15, 0.2) is 18.2 Å². The van der Waals surface area contributed by atoms with Gasteiger partial charge in [0, 0.05) is 12.7 Å². The number of rotatable bonds is 3. The molecule has 3 nitrogen and oxygen atoms in total. The number of nitrogens with one attached hydrogen (secondary N) is 1. The summed E-state index contributed by atoms with van der Waals surface area (Å²) in [4.78, 5) is 10.6. The number of carboxylic acid groups (broad SMARTS) is 1. The Labute approximate surface area is 77.4 Å². The number of hydrogen-bond acceptors (Lipinski definition) is 2. The van der Waals surface area contributed by atoms with Crippen LogP contribution in [0.4, 0.5) is 5.69 Å². The summed E-state index contributed by atoms with van der Waals surface area (Å²) in [5.41, 5.74) is 2.37. The van der Waals surface area contributed by atoms with Gasteiger partial charge >= 0.3 is 5.97 Å². The zero-order valence-electron chi connectivity index (χ0n) is 7.79. The molecule has 0 aromatic heterocycles. The highest BCUT2D eigenvalue weighted by Crippen LogP contribution is 2.17. The average molecular weight is 179 g/mol. The maximum atomic E-state index is 10.6. The number of aryl methyl sites for hydroxylation is 1. The van der Waals surface area contributed by atoms with E-state index >= 15 is 0 Å². The predicted octanol–water partition coefficient (Wildman–Crippen LogP) is 1.99. The van der Waals surface area contributed by atoms with Crippen LogP contribution in [0.3, 0.4) is 0 Å². The lowest BCUT2D eigenvalue weighted by Crippen LogP contribution is -2.00. The summed E-state index contributed by atoms with van der Waals surface area (Å²) in [5.74, 6) is -0.877. The van der Waals surface area contributed by atoms with Gasteiger partial charge in [-0.3, -0.25) is 0 Å². The van der Waals surface area contributed by atoms with E-state index in [0.29, 0.717) is 5.56 Å². The number of benzene rings is 1. The van der Waals surface area contributed by atoms with Crippen LogP contribution in [-0.4, -0.2) is 18.1 Å². The van der Waals surface area contributed by atoms with Crippen LogP contribution in [0, 0.1) is 0 Å². The zero-order valence-corrected chi connectivity index (χ0v) is 7.79. The first-order valence-electron chi connectivity index (χ1n) is 4.23. The molecule has 0 unspecified atom stereocenters. The van der Waals surface area contributed by atoms with E-state index in [1.807, 2.05) is 14.0 Å². The standard InChI is InChI=1S/C10H13NO2/c1-3-7-6-8(10(12)13)4-5-9(7)11-2/h4-6,11H,3H2,1-2H3,(H,12,13). The fourth-order valence-electron chi connectivity index (χ4n) is 1.26. The minimum Gasteiger partial charge on any atom is -0.478 e. The minimum atomic E-state index is -0.877. The Kier molecular flexibility index (Phi) is 2.90. The highest BCUT2D eigenvalue weighted by Gasteiger charge is 2.05. The minimum absolute atomic E-state index is 0.343. The van der Waals surface area contributed by atoms with Crippen molar-refractivity contribution in [3.8, 4) is 0 Å². The molecule has 0 aliphatic heterocycles. The molecule has 0 aliphatic rings. The highest BCUT2D eigenvalue weighted by atomic mass is 16.4. The summed E-state index contributed by atoms with van der Waals surface area (Å²) in [7, 11) is 1.83. The van der Waals surface area contributed by atoms with Gasteiger partial charge in [-0.05, 0) is 30.2 Å². The summed E-state index contributed by atoms with van der Waals surface area (Å²) >= 11 is 0. The lowest BCUT2D eigenvalue weighted by Gasteiger charge is -2.07. The number of carbonyl (C=O) groups is 1. The summed E-state index contributed by atoms with van der Waals surface area (Å²) in [6.07, 6.45) is 0.831. The fraction of sp³-hybridized carbons (Fsp3) is 0.300. The van der Waals surface area contributed by atoms with E-state index in [4.69, 9.17) is 5.11 Å². The molecule has 70 valence electrons. The van der Waals surface area contributed by atoms with Crippen molar-refractivity contribution in [2.24, 2.45) is 0 Å². The first kappa shape index (κ1) is 9.58. The lowest BCUT2D eigenvalue weighted by atomic mass is 10.1. The van der Waals surface area contributed by atoms with Crippen molar-refractivity contribution in [3.63, 3.8) is 0 Å². The van der Waals surface area contributed by atoms with Gasteiger partial charge in [0.15, 0.2) is 0 Å². The van der Waals surface area contributed by atoms with Gasteiger partial charge in [-0.25, -0.2) is 4.79 Å². The second kappa shape index (κ2) is 3.94.